The molecule has 2 atom stereocenters. The minimum atomic E-state index is -0.722. The van der Waals surface area contributed by atoms with Crippen LogP contribution in [0, 0.1) is 0 Å². The maximum atomic E-state index is 13.0. The van der Waals surface area contributed by atoms with Crippen LogP contribution in [0.25, 0.3) is 11.4 Å². The largest absolute Gasteiger partial charge is 0.496 e. The number of rotatable bonds is 6. The first kappa shape index (κ1) is 19.7. The number of para-hydroxylation sites is 1. The van der Waals surface area contributed by atoms with Gasteiger partial charge in [-0.05, 0) is 44.0 Å². The molecule has 1 aliphatic heterocycles. The first-order valence-electron chi connectivity index (χ1n) is 9.70. The number of nitrogens with one attached hydrogen (secondary N) is 1. The van der Waals surface area contributed by atoms with Gasteiger partial charge < -0.3 is 23.9 Å². The zero-order valence-electron chi connectivity index (χ0n) is 16.7. The molecule has 1 saturated heterocycles. The highest BCUT2D eigenvalue weighted by Gasteiger charge is 2.36. The first-order valence-corrected chi connectivity index (χ1v) is 9.70. The van der Waals surface area contributed by atoms with E-state index in [1.807, 2.05) is 24.3 Å². The maximum absolute atomic E-state index is 13.0. The molecule has 3 heterocycles. The molecule has 3 aromatic rings. The van der Waals surface area contributed by atoms with Crippen molar-refractivity contribution in [3.63, 3.8) is 0 Å². The summed E-state index contributed by atoms with van der Waals surface area (Å²) in [6, 6.07) is 9.49. The topological polar surface area (TPSA) is 111 Å². The van der Waals surface area contributed by atoms with E-state index in [1.165, 1.54) is 6.26 Å². The van der Waals surface area contributed by atoms with Gasteiger partial charge in [0.15, 0.2) is 5.76 Å². The summed E-state index contributed by atoms with van der Waals surface area (Å²) in [7, 11) is 1.58. The van der Waals surface area contributed by atoms with Gasteiger partial charge in [0, 0.05) is 6.54 Å². The number of furan rings is 1. The van der Waals surface area contributed by atoms with Gasteiger partial charge in [-0.25, -0.2) is 0 Å². The quantitative estimate of drug-likeness (QED) is 0.665. The van der Waals surface area contributed by atoms with Crippen LogP contribution >= 0.6 is 0 Å². The number of hydrogen-bond donors (Lipinski definition) is 1. The Bertz CT molecular complexity index is 1030. The number of hydrogen-bond acceptors (Lipinski definition) is 7. The van der Waals surface area contributed by atoms with Gasteiger partial charge in [-0.3, -0.25) is 9.59 Å². The van der Waals surface area contributed by atoms with Crippen LogP contribution in [0.1, 0.15) is 42.3 Å². The molecule has 0 spiro atoms. The number of likely N-dealkylation sites (tertiary alicyclic amines) is 1. The summed E-state index contributed by atoms with van der Waals surface area (Å²) >= 11 is 0. The normalized spacial score (nSPS) is 17.0. The van der Waals surface area contributed by atoms with Crippen molar-refractivity contribution in [3.8, 4) is 17.1 Å². The number of carbonyl (C=O) groups excluding carboxylic acids is 2. The van der Waals surface area contributed by atoms with Crippen LogP contribution in [-0.2, 0) is 4.79 Å². The monoisotopic (exact) mass is 410 g/mol. The summed E-state index contributed by atoms with van der Waals surface area (Å²) in [5, 5.41) is 6.74. The minimum absolute atomic E-state index is 0.158. The predicted octanol–water partition coefficient (Wildman–Crippen LogP) is 2.82. The van der Waals surface area contributed by atoms with E-state index in [-0.39, 0.29) is 17.7 Å². The third-order valence-electron chi connectivity index (χ3n) is 5.07. The number of methoxy groups -OCH3 is 1. The highest BCUT2D eigenvalue weighted by Crippen LogP contribution is 2.34. The summed E-state index contributed by atoms with van der Waals surface area (Å²) in [5.41, 5.74) is 0.713. The van der Waals surface area contributed by atoms with Crippen molar-refractivity contribution < 1.29 is 23.3 Å². The van der Waals surface area contributed by atoms with E-state index in [2.05, 4.69) is 15.5 Å². The van der Waals surface area contributed by atoms with Crippen molar-refractivity contribution in [1.82, 2.24) is 20.4 Å². The molecule has 0 saturated carbocycles. The molecule has 1 aromatic carbocycles. The molecule has 30 heavy (non-hydrogen) atoms. The summed E-state index contributed by atoms with van der Waals surface area (Å²) in [5.74, 6) is 0.916. The summed E-state index contributed by atoms with van der Waals surface area (Å²) < 4.78 is 15.9. The van der Waals surface area contributed by atoms with E-state index in [0.717, 1.165) is 6.42 Å². The Kier molecular flexibility index (Phi) is 5.51. The van der Waals surface area contributed by atoms with Gasteiger partial charge >= 0.3 is 0 Å². The molecule has 1 fully saturated rings. The van der Waals surface area contributed by atoms with E-state index >= 15 is 0 Å². The number of ether oxygens (including phenoxy) is 1. The molecule has 0 bridgehead atoms. The minimum Gasteiger partial charge on any atom is -0.496 e. The van der Waals surface area contributed by atoms with Gasteiger partial charge in [0.25, 0.3) is 5.91 Å². The first-order chi connectivity index (χ1) is 14.6. The average molecular weight is 410 g/mol. The zero-order valence-corrected chi connectivity index (χ0v) is 16.7. The summed E-state index contributed by atoms with van der Waals surface area (Å²) in [6.07, 6.45) is 2.92. The van der Waals surface area contributed by atoms with Crippen molar-refractivity contribution in [1.29, 1.82) is 0 Å². The smallest absolute Gasteiger partial charge is 0.287 e. The van der Waals surface area contributed by atoms with Gasteiger partial charge in [0.1, 0.15) is 17.8 Å². The van der Waals surface area contributed by atoms with E-state index in [1.54, 1.807) is 31.1 Å². The van der Waals surface area contributed by atoms with Gasteiger partial charge in [-0.2, -0.15) is 4.98 Å². The Balaban J connectivity index is 1.49. The molecule has 0 radical (unpaired) electrons. The number of benzene rings is 1. The SMILES string of the molecule is COc1ccccc1-c1noc([C@H]2CCCN2C(=O)[C@H](C)NC(=O)c2ccco2)n1. The predicted molar refractivity (Wildman–Crippen MR) is 106 cm³/mol. The molecule has 0 unspecified atom stereocenters. The zero-order chi connectivity index (χ0) is 21.1. The molecular weight excluding hydrogens is 388 g/mol. The molecule has 1 N–H and O–H groups in total. The van der Waals surface area contributed by atoms with Crippen LogP contribution in [0.2, 0.25) is 0 Å². The van der Waals surface area contributed by atoms with E-state index < -0.39 is 11.9 Å². The standard InChI is InChI=1S/C21H22N4O5/c1-13(22-19(26)17-10-6-12-29-17)21(27)25-11-5-8-15(25)20-23-18(24-30-20)14-7-3-4-9-16(14)28-2/h3-4,6-7,9-10,12-13,15H,5,8,11H2,1-2H3,(H,22,26)/t13-,15+/m0/s1. The lowest BCUT2D eigenvalue weighted by atomic mass is 10.2. The lowest BCUT2D eigenvalue weighted by Gasteiger charge is -2.25. The number of aromatic nitrogens is 2. The molecule has 1 aliphatic rings. The Morgan fingerprint density at radius 1 is 1.27 bits per heavy atom. The Morgan fingerprint density at radius 3 is 2.87 bits per heavy atom. The number of amides is 2. The van der Waals surface area contributed by atoms with Crippen molar-refractivity contribution >= 4 is 11.8 Å². The van der Waals surface area contributed by atoms with Crippen LogP contribution in [-0.4, -0.2) is 46.6 Å². The Labute approximate surface area is 173 Å². The molecule has 2 amide bonds. The second kappa shape index (κ2) is 8.40. The van der Waals surface area contributed by atoms with Crippen LogP contribution in [0.5, 0.6) is 5.75 Å². The van der Waals surface area contributed by atoms with Crippen LogP contribution in [0.15, 0.2) is 51.6 Å². The second-order valence-electron chi connectivity index (χ2n) is 7.02. The lowest BCUT2D eigenvalue weighted by molar-refractivity contribution is -0.134. The van der Waals surface area contributed by atoms with Crippen LogP contribution in [0.3, 0.4) is 0 Å². The van der Waals surface area contributed by atoms with Gasteiger partial charge in [-0.15, -0.1) is 0 Å². The van der Waals surface area contributed by atoms with E-state index in [4.69, 9.17) is 13.7 Å². The number of carbonyl (C=O) groups is 2. The van der Waals surface area contributed by atoms with Gasteiger partial charge in [-0.1, -0.05) is 17.3 Å². The highest BCUT2D eigenvalue weighted by molar-refractivity contribution is 5.95. The Morgan fingerprint density at radius 2 is 2.10 bits per heavy atom. The molecular formula is C21H22N4O5. The maximum Gasteiger partial charge on any atom is 0.287 e. The van der Waals surface area contributed by atoms with Gasteiger partial charge in [0.2, 0.25) is 17.6 Å². The van der Waals surface area contributed by atoms with E-state index in [0.29, 0.717) is 36.0 Å². The van der Waals surface area contributed by atoms with Crippen molar-refractivity contribution in [2.45, 2.75) is 31.8 Å². The fraction of sp³-hybridized carbons (Fsp3) is 0.333. The number of nitrogens with zero attached hydrogens (tertiary/aromatic N) is 3. The van der Waals surface area contributed by atoms with Crippen molar-refractivity contribution in [3.05, 3.63) is 54.3 Å². The molecule has 0 aliphatic carbocycles. The molecule has 4 rings (SSSR count). The Hall–Kier alpha value is -3.62. The average Bonchev–Trinajstić information content (AvgIpc) is 3.53. The summed E-state index contributed by atoms with van der Waals surface area (Å²) in [4.78, 5) is 31.3. The molecule has 9 nitrogen and oxygen atoms in total. The lowest BCUT2D eigenvalue weighted by Crippen LogP contribution is -2.46. The van der Waals surface area contributed by atoms with E-state index in [9.17, 15) is 9.59 Å². The highest BCUT2D eigenvalue weighted by atomic mass is 16.5. The van der Waals surface area contributed by atoms with Crippen molar-refractivity contribution in [2.75, 3.05) is 13.7 Å². The van der Waals surface area contributed by atoms with Crippen LogP contribution in [0.4, 0.5) is 0 Å². The fourth-order valence-corrected chi connectivity index (χ4v) is 3.58. The fourth-order valence-electron chi connectivity index (χ4n) is 3.58. The summed E-state index contributed by atoms with van der Waals surface area (Å²) in [6.45, 7) is 2.20. The van der Waals surface area contributed by atoms with Gasteiger partial charge in [0.05, 0.1) is 18.9 Å². The molecule has 156 valence electrons. The second-order valence-corrected chi connectivity index (χ2v) is 7.02. The van der Waals surface area contributed by atoms with Crippen molar-refractivity contribution in [2.24, 2.45) is 0 Å². The molecule has 2 aromatic heterocycles. The van der Waals surface area contributed by atoms with Crippen LogP contribution < -0.4 is 10.1 Å². The third-order valence-corrected chi connectivity index (χ3v) is 5.07. The molecule has 9 heteroatoms. The third kappa shape index (κ3) is 3.78.